The van der Waals surface area contributed by atoms with E-state index in [1.807, 2.05) is 6.07 Å². The van der Waals surface area contributed by atoms with Crippen LogP contribution < -0.4 is 15.5 Å². The van der Waals surface area contributed by atoms with E-state index in [9.17, 15) is 14.4 Å². The Kier molecular flexibility index (Phi) is 7.93. The molecule has 0 saturated heterocycles. The quantitative estimate of drug-likeness (QED) is 0.624. The molecule has 3 heterocycles. The minimum absolute atomic E-state index is 0. The van der Waals surface area contributed by atoms with Gasteiger partial charge in [-0.15, -0.1) is 12.4 Å². The molecule has 0 aliphatic heterocycles. The van der Waals surface area contributed by atoms with Gasteiger partial charge < -0.3 is 10.6 Å². The van der Waals surface area contributed by atoms with E-state index in [-0.39, 0.29) is 36.9 Å². The maximum Gasteiger partial charge on any atom is 0.332 e. The molecule has 3 aromatic rings. The average Bonchev–Trinajstić information content (AvgIpc) is 3.55. The van der Waals surface area contributed by atoms with Crippen molar-refractivity contribution in [2.24, 2.45) is 0 Å². The highest BCUT2D eigenvalue weighted by molar-refractivity contribution is 5.96. The smallest absolute Gasteiger partial charge is 0.332 e. The van der Waals surface area contributed by atoms with E-state index in [2.05, 4.69) is 0 Å². The van der Waals surface area contributed by atoms with Gasteiger partial charge in [-0.1, -0.05) is 0 Å². The number of carbonyl (C=O) groups is 3. The van der Waals surface area contributed by atoms with Gasteiger partial charge in [0.25, 0.3) is 0 Å². The number of carbonyl (C=O) groups excluding carboxylic acids is 3. The predicted octanol–water partition coefficient (Wildman–Crippen LogP) is 3.12. The third kappa shape index (κ3) is 5.36. The zero-order chi connectivity index (χ0) is 23.4. The molecule has 0 radical (unpaired) electrons. The third-order valence-corrected chi connectivity index (χ3v) is 4.97. The fourth-order valence-electron chi connectivity index (χ4n) is 3.02. The lowest BCUT2D eigenvalue weighted by molar-refractivity contribution is 0.211. The molecule has 3 amide bonds. The molecule has 0 unspecified atom stereocenters. The molecule has 12 heteroatoms. The number of anilines is 3. The largest absolute Gasteiger partial charge is 0.397 e. The van der Waals surface area contributed by atoms with Gasteiger partial charge in [-0.05, 0) is 18.2 Å². The Morgan fingerprint density at radius 3 is 1.76 bits per heavy atom. The van der Waals surface area contributed by atoms with Gasteiger partial charge in [-0.2, -0.15) is 5.26 Å². The fourth-order valence-corrected chi connectivity index (χ4v) is 3.02. The molecule has 0 fully saturated rings. The number of halogens is 1. The van der Waals surface area contributed by atoms with Gasteiger partial charge in [-0.25, -0.2) is 14.4 Å². The number of nitriles is 1. The van der Waals surface area contributed by atoms with Crippen LogP contribution in [0.2, 0.25) is 0 Å². The summed E-state index contributed by atoms with van der Waals surface area (Å²) < 4.78 is 4.06. The Labute approximate surface area is 197 Å². The minimum atomic E-state index is -0.370. The zero-order valence-corrected chi connectivity index (χ0v) is 19.3. The summed E-state index contributed by atoms with van der Waals surface area (Å²) in [7, 11) is 4.79. The molecule has 0 aliphatic rings. The van der Waals surface area contributed by atoms with Crippen molar-refractivity contribution in [3.05, 3.63) is 55.4 Å². The van der Waals surface area contributed by atoms with Gasteiger partial charge in [-0.3, -0.25) is 23.5 Å². The summed E-state index contributed by atoms with van der Waals surface area (Å²) in [4.78, 5) is 42.1. The number of amides is 3. The van der Waals surface area contributed by atoms with Gasteiger partial charge in [0, 0.05) is 70.6 Å². The van der Waals surface area contributed by atoms with Crippen LogP contribution in [0, 0.1) is 11.3 Å². The lowest BCUT2D eigenvalue weighted by atomic mass is 10.4. The van der Waals surface area contributed by atoms with Crippen LogP contribution >= 0.6 is 12.4 Å². The maximum atomic E-state index is 12.9. The molecule has 11 nitrogen and oxygen atoms in total. The number of nitrogen functional groups attached to an aromatic ring is 1. The third-order valence-electron chi connectivity index (χ3n) is 4.97. The Morgan fingerprint density at radius 1 is 0.848 bits per heavy atom. The van der Waals surface area contributed by atoms with Gasteiger partial charge in [0.15, 0.2) is 0 Å². The molecule has 3 aromatic heterocycles. The molecule has 33 heavy (non-hydrogen) atoms. The maximum absolute atomic E-state index is 12.9. The number of hydrogen-bond donors (Lipinski definition) is 1. The van der Waals surface area contributed by atoms with Crippen LogP contribution in [0.15, 0.2) is 55.4 Å². The molecule has 3 rings (SSSR count). The summed E-state index contributed by atoms with van der Waals surface area (Å²) in [6.07, 6.45) is 9.51. The molecule has 0 bridgehead atoms. The van der Waals surface area contributed by atoms with Crippen molar-refractivity contribution < 1.29 is 14.4 Å². The first-order chi connectivity index (χ1) is 15.2. The minimum Gasteiger partial charge on any atom is -0.397 e. The average molecular weight is 473 g/mol. The first kappa shape index (κ1) is 25.1. The first-order valence-electron chi connectivity index (χ1n) is 9.71. The first-order valence-corrected chi connectivity index (χ1v) is 9.71. The molecular formula is C21H25ClN8O3. The fraction of sp³-hybridized carbons (Fsp3) is 0.238. The van der Waals surface area contributed by atoms with Crippen molar-refractivity contribution in [3.8, 4) is 6.07 Å². The summed E-state index contributed by atoms with van der Waals surface area (Å²) in [5.74, 6) is 0. The van der Waals surface area contributed by atoms with E-state index in [1.165, 1.54) is 34.6 Å². The highest BCUT2D eigenvalue weighted by atomic mass is 35.5. The molecule has 0 atom stereocenters. The van der Waals surface area contributed by atoms with Gasteiger partial charge in [0.05, 0.1) is 23.9 Å². The predicted molar refractivity (Wildman–Crippen MR) is 127 cm³/mol. The number of nitrogens with zero attached hydrogens (tertiary/aromatic N) is 7. The monoisotopic (exact) mass is 472 g/mol. The number of hydrogen-bond acceptors (Lipinski definition) is 5. The van der Waals surface area contributed by atoms with Crippen LogP contribution in [0.5, 0.6) is 0 Å². The molecule has 0 aliphatic carbocycles. The van der Waals surface area contributed by atoms with Gasteiger partial charge in [0.2, 0.25) is 0 Å². The Hall–Kier alpha value is -4.17. The summed E-state index contributed by atoms with van der Waals surface area (Å²) in [5, 5.41) is 8.67. The van der Waals surface area contributed by atoms with Crippen molar-refractivity contribution in [2.45, 2.75) is 6.42 Å². The number of nitrogens with two attached hydrogens (primary N) is 1. The standard InChI is InChI=1S/C21H24N8O3.ClH/c1-24(9-4-8-22)19(30)28-11-6-17(14-28)26(3)21(32)29-12-7-18(15-29)25(2)20(31)27-10-5-16(23)13-27;/h5-7,10-15H,4,9,23H2,1-3H3;1H. The van der Waals surface area contributed by atoms with Crippen molar-refractivity contribution >= 4 is 47.6 Å². The normalized spacial score (nSPS) is 10.1. The van der Waals surface area contributed by atoms with Crippen LogP contribution in [-0.4, -0.2) is 64.4 Å². The summed E-state index contributed by atoms with van der Waals surface area (Å²) >= 11 is 0. The van der Waals surface area contributed by atoms with Crippen molar-refractivity contribution in [3.63, 3.8) is 0 Å². The molecule has 174 valence electrons. The number of aromatic nitrogens is 3. The second-order valence-corrected chi connectivity index (χ2v) is 7.20. The summed E-state index contributed by atoms with van der Waals surface area (Å²) in [5.41, 5.74) is 7.17. The molecule has 0 spiro atoms. The number of rotatable bonds is 4. The second kappa shape index (κ2) is 10.4. The van der Waals surface area contributed by atoms with Crippen LogP contribution in [0.4, 0.5) is 31.4 Å². The van der Waals surface area contributed by atoms with Gasteiger partial charge in [0.1, 0.15) is 0 Å². The summed E-state index contributed by atoms with van der Waals surface area (Å²) in [6, 6.07) is 5.91. The Bertz CT molecular complexity index is 1190. The highest BCUT2D eigenvalue weighted by Crippen LogP contribution is 2.19. The molecular weight excluding hydrogens is 448 g/mol. The van der Waals surface area contributed by atoms with Crippen LogP contribution in [0.25, 0.3) is 0 Å². The zero-order valence-electron chi connectivity index (χ0n) is 18.5. The van der Waals surface area contributed by atoms with Crippen LogP contribution in [0.1, 0.15) is 6.42 Å². The van der Waals surface area contributed by atoms with E-state index in [0.717, 1.165) is 0 Å². The molecule has 0 aromatic carbocycles. The van der Waals surface area contributed by atoms with Crippen molar-refractivity contribution in [2.75, 3.05) is 43.2 Å². The van der Waals surface area contributed by atoms with Crippen LogP contribution in [-0.2, 0) is 0 Å². The van der Waals surface area contributed by atoms with E-state index in [4.69, 9.17) is 11.0 Å². The van der Waals surface area contributed by atoms with E-state index >= 15 is 0 Å². The Balaban J connectivity index is 0.00000385. The lowest BCUT2D eigenvalue weighted by Crippen LogP contribution is -2.32. The molecule has 0 saturated carbocycles. The van der Waals surface area contributed by atoms with Crippen LogP contribution in [0.3, 0.4) is 0 Å². The lowest BCUT2D eigenvalue weighted by Gasteiger charge is -2.18. The van der Waals surface area contributed by atoms with Crippen molar-refractivity contribution in [1.82, 2.24) is 18.6 Å². The highest BCUT2D eigenvalue weighted by Gasteiger charge is 2.19. The SMILES string of the molecule is CN(CCC#N)C(=O)n1ccc(N(C)C(=O)n2ccc(N(C)C(=O)n3ccc(N)c3)c2)c1.Cl. The topological polar surface area (TPSA) is 126 Å². The molecule has 2 N–H and O–H groups in total. The van der Waals surface area contributed by atoms with E-state index in [1.54, 1.807) is 70.3 Å². The van der Waals surface area contributed by atoms with Gasteiger partial charge >= 0.3 is 18.1 Å². The van der Waals surface area contributed by atoms with Crippen molar-refractivity contribution in [1.29, 1.82) is 5.26 Å². The van der Waals surface area contributed by atoms with E-state index < -0.39 is 0 Å². The Morgan fingerprint density at radius 2 is 1.30 bits per heavy atom. The summed E-state index contributed by atoms with van der Waals surface area (Å²) in [6.45, 7) is 0.311. The van der Waals surface area contributed by atoms with E-state index in [0.29, 0.717) is 23.6 Å². The second-order valence-electron chi connectivity index (χ2n) is 7.20.